The third-order valence-corrected chi connectivity index (χ3v) is 3.05. The minimum atomic E-state index is 0.141. The van der Waals surface area contributed by atoms with Gasteiger partial charge in [0.1, 0.15) is 0 Å². The molecule has 0 radical (unpaired) electrons. The van der Waals surface area contributed by atoms with Crippen LogP contribution >= 0.6 is 0 Å². The molecule has 94 valence electrons. The van der Waals surface area contributed by atoms with Gasteiger partial charge in [0.05, 0.1) is 18.3 Å². The molecular formula is C15H18N2O. The maximum atomic E-state index is 11.5. The van der Waals surface area contributed by atoms with Gasteiger partial charge in [0.25, 0.3) is 0 Å². The fourth-order valence-electron chi connectivity index (χ4n) is 1.87. The van der Waals surface area contributed by atoms with Gasteiger partial charge in [-0.2, -0.15) is 5.10 Å². The summed E-state index contributed by atoms with van der Waals surface area (Å²) in [6, 6.07) is 8.50. The molecule has 1 aromatic heterocycles. The fourth-order valence-corrected chi connectivity index (χ4v) is 1.87. The topological polar surface area (TPSA) is 34.9 Å². The fraction of sp³-hybridized carbons (Fsp3) is 0.333. The number of benzene rings is 1. The molecule has 0 saturated heterocycles. The molecule has 0 aliphatic carbocycles. The van der Waals surface area contributed by atoms with Crippen LogP contribution in [0.4, 0.5) is 0 Å². The van der Waals surface area contributed by atoms with Crippen LogP contribution in [0.25, 0.3) is 0 Å². The lowest BCUT2D eigenvalue weighted by molar-refractivity contribution is 0.0988. The molecule has 0 unspecified atom stereocenters. The normalized spacial score (nSPS) is 10.6. The van der Waals surface area contributed by atoms with Crippen molar-refractivity contribution in [3.8, 4) is 0 Å². The standard InChI is InChI=1S/C15H18N2O/c1-3-12-5-7-13(8-6-12)10-17-11-14(9-16-17)15(18)4-2/h5-9,11H,3-4,10H2,1-2H3. The highest BCUT2D eigenvalue weighted by Gasteiger charge is 2.06. The first-order valence-corrected chi connectivity index (χ1v) is 6.36. The predicted molar refractivity (Wildman–Crippen MR) is 71.8 cm³/mol. The lowest BCUT2D eigenvalue weighted by Crippen LogP contribution is -2.00. The zero-order valence-electron chi connectivity index (χ0n) is 10.9. The minimum absolute atomic E-state index is 0.141. The summed E-state index contributed by atoms with van der Waals surface area (Å²) in [5.41, 5.74) is 3.23. The van der Waals surface area contributed by atoms with Crippen molar-refractivity contribution >= 4 is 5.78 Å². The number of aromatic nitrogens is 2. The zero-order valence-corrected chi connectivity index (χ0v) is 10.9. The number of nitrogens with zero attached hydrogens (tertiary/aromatic N) is 2. The highest BCUT2D eigenvalue weighted by Crippen LogP contribution is 2.08. The number of hydrogen-bond donors (Lipinski definition) is 0. The van der Waals surface area contributed by atoms with Gasteiger partial charge in [-0.05, 0) is 17.5 Å². The molecule has 18 heavy (non-hydrogen) atoms. The first-order valence-electron chi connectivity index (χ1n) is 6.36. The van der Waals surface area contributed by atoms with Crippen LogP contribution in [-0.2, 0) is 13.0 Å². The van der Waals surface area contributed by atoms with Gasteiger partial charge in [-0.3, -0.25) is 9.48 Å². The van der Waals surface area contributed by atoms with Crippen LogP contribution in [0.2, 0.25) is 0 Å². The van der Waals surface area contributed by atoms with Gasteiger partial charge in [0.2, 0.25) is 0 Å². The van der Waals surface area contributed by atoms with Crippen molar-refractivity contribution in [2.45, 2.75) is 33.2 Å². The van der Waals surface area contributed by atoms with Crippen LogP contribution in [0.1, 0.15) is 41.8 Å². The minimum Gasteiger partial charge on any atom is -0.294 e. The first kappa shape index (κ1) is 12.6. The average molecular weight is 242 g/mol. The molecular weight excluding hydrogens is 224 g/mol. The van der Waals surface area contributed by atoms with Crippen molar-refractivity contribution < 1.29 is 4.79 Å². The summed E-state index contributed by atoms with van der Waals surface area (Å²) in [4.78, 5) is 11.5. The molecule has 0 atom stereocenters. The molecule has 0 saturated carbocycles. The van der Waals surface area contributed by atoms with E-state index in [0.717, 1.165) is 6.42 Å². The maximum Gasteiger partial charge on any atom is 0.165 e. The summed E-state index contributed by atoms with van der Waals surface area (Å²) in [6.07, 6.45) is 5.04. The highest BCUT2D eigenvalue weighted by atomic mass is 16.1. The summed E-state index contributed by atoms with van der Waals surface area (Å²) in [5.74, 6) is 0.141. The molecule has 3 nitrogen and oxygen atoms in total. The Balaban J connectivity index is 2.08. The molecule has 0 fully saturated rings. The van der Waals surface area contributed by atoms with Crippen LogP contribution < -0.4 is 0 Å². The van der Waals surface area contributed by atoms with Crippen molar-refractivity contribution in [1.82, 2.24) is 9.78 Å². The van der Waals surface area contributed by atoms with E-state index in [1.165, 1.54) is 11.1 Å². The van der Waals surface area contributed by atoms with E-state index in [4.69, 9.17) is 0 Å². The summed E-state index contributed by atoms with van der Waals surface area (Å²) < 4.78 is 1.81. The second-order valence-electron chi connectivity index (χ2n) is 4.37. The number of Topliss-reactive ketones (excluding diaryl/α,β-unsaturated/α-hetero) is 1. The molecule has 0 N–H and O–H groups in total. The van der Waals surface area contributed by atoms with Crippen molar-refractivity contribution in [3.63, 3.8) is 0 Å². The van der Waals surface area contributed by atoms with E-state index < -0.39 is 0 Å². The van der Waals surface area contributed by atoms with E-state index in [1.54, 1.807) is 6.20 Å². The van der Waals surface area contributed by atoms with Gasteiger partial charge in [0.15, 0.2) is 5.78 Å². The molecule has 0 bridgehead atoms. The Kier molecular flexibility index (Phi) is 3.92. The molecule has 2 aromatic rings. The molecule has 0 aliphatic rings. The zero-order chi connectivity index (χ0) is 13.0. The molecule has 1 heterocycles. The van der Waals surface area contributed by atoms with E-state index in [9.17, 15) is 4.79 Å². The van der Waals surface area contributed by atoms with E-state index >= 15 is 0 Å². The number of carbonyl (C=O) groups is 1. The van der Waals surface area contributed by atoms with Gasteiger partial charge in [0, 0.05) is 12.6 Å². The molecule has 0 spiro atoms. The number of hydrogen-bond acceptors (Lipinski definition) is 2. The summed E-state index contributed by atoms with van der Waals surface area (Å²) >= 11 is 0. The van der Waals surface area contributed by atoms with Crippen LogP contribution in [0.5, 0.6) is 0 Å². The number of ketones is 1. The van der Waals surface area contributed by atoms with Crippen molar-refractivity contribution in [2.75, 3.05) is 0 Å². The molecule has 3 heteroatoms. The quantitative estimate of drug-likeness (QED) is 0.755. The Morgan fingerprint density at radius 2 is 1.83 bits per heavy atom. The number of rotatable bonds is 5. The van der Waals surface area contributed by atoms with Crippen LogP contribution in [0.3, 0.4) is 0 Å². The van der Waals surface area contributed by atoms with E-state index in [-0.39, 0.29) is 5.78 Å². The van der Waals surface area contributed by atoms with Gasteiger partial charge < -0.3 is 0 Å². The first-order chi connectivity index (χ1) is 8.72. The lowest BCUT2D eigenvalue weighted by Gasteiger charge is -2.03. The van der Waals surface area contributed by atoms with Crippen molar-refractivity contribution in [1.29, 1.82) is 0 Å². The Hall–Kier alpha value is -1.90. The second-order valence-corrected chi connectivity index (χ2v) is 4.37. The Morgan fingerprint density at radius 3 is 2.44 bits per heavy atom. The predicted octanol–water partition coefficient (Wildman–Crippen LogP) is 3.09. The smallest absolute Gasteiger partial charge is 0.165 e. The van der Waals surface area contributed by atoms with E-state index in [2.05, 4.69) is 36.3 Å². The lowest BCUT2D eigenvalue weighted by atomic mass is 10.1. The molecule has 1 aromatic carbocycles. The summed E-state index contributed by atoms with van der Waals surface area (Å²) in [6.45, 7) is 4.72. The third-order valence-electron chi connectivity index (χ3n) is 3.05. The monoisotopic (exact) mass is 242 g/mol. The Labute approximate surface area is 107 Å². The Morgan fingerprint density at radius 1 is 1.17 bits per heavy atom. The largest absolute Gasteiger partial charge is 0.294 e. The number of carbonyl (C=O) groups excluding carboxylic acids is 1. The van der Waals surface area contributed by atoms with Crippen molar-refractivity contribution in [2.24, 2.45) is 0 Å². The summed E-state index contributed by atoms with van der Waals surface area (Å²) in [5, 5.41) is 4.22. The molecule has 2 rings (SSSR count). The molecule has 0 amide bonds. The summed E-state index contributed by atoms with van der Waals surface area (Å²) in [7, 11) is 0. The van der Waals surface area contributed by atoms with Gasteiger partial charge >= 0.3 is 0 Å². The SMILES string of the molecule is CCC(=O)c1cnn(Cc2ccc(CC)cc2)c1. The van der Waals surface area contributed by atoms with Crippen molar-refractivity contribution in [3.05, 3.63) is 53.3 Å². The van der Waals surface area contributed by atoms with E-state index in [1.807, 2.05) is 17.8 Å². The Bertz CT molecular complexity index is 526. The van der Waals surface area contributed by atoms with Gasteiger partial charge in [-0.25, -0.2) is 0 Å². The van der Waals surface area contributed by atoms with Crippen LogP contribution in [0.15, 0.2) is 36.7 Å². The molecule has 0 aliphatic heterocycles. The second kappa shape index (κ2) is 5.63. The third kappa shape index (κ3) is 2.86. The number of aryl methyl sites for hydroxylation is 1. The van der Waals surface area contributed by atoms with E-state index in [0.29, 0.717) is 18.5 Å². The van der Waals surface area contributed by atoms with Gasteiger partial charge in [-0.15, -0.1) is 0 Å². The van der Waals surface area contributed by atoms with Gasteiger partial charge in [-0.1, -0.05) is 38.1 Å². The maximum absolute atomic E-state index is 11.5. The van der Waals surface area contributed by atoms with Crippen LogP contribution in [0, 0.1) is 0 Å². The van der Waals surface area contributed by atoms with Crippen LogP contribution in [-0.4, -0.2) is 15.6 Å². The highest BCUT2D eigenvalue weighted by molar-refractivity contribution is 5.95. The average Bonchev–Trinajstić information content (AvgIpc) is 2.87.